The van der Waals surface area contributed by atoms with Crippen LogP contribution in [0.2, 0.25) is 0 Å². The van der Waals surface area contributed by atoms with E-state index in [1.54, 1.807) is 29.2 Å². The van der Waals surface area contributed by atoms with E-state index in [-0.39, 0.29) is 18.6 Å². The second kappa shape index (κ2) is 4.98. The van der Waals surface area contributed by atoms with Gasteiger partial charge in [0.2, 0.25) is 0 Å². The molecule has 1 saturated heterocycles. The van der Waals surface area contributed by atoms with Crippen LogP contribution in [-0.2, 0) is 0 Å². The molecule has 1 aliphatic heterocycles. The Balaban J connectivity index is 2.16. The molecule has 1 fully saturated rings. The molecule has 1 aromatic carbocycles. The van der Waals surface area contributed by atoms with Gasteiger partial charge in [0.15, 0.2) is 0 Å². The molecule has 0 bridgehead atoms. The average molecular weight is 230 g/mol. The van der Waals surface area contributed by atoms with Crippen molar-refractivity contribution < 1.29 is 9.90 Å². The molecule has 0 saturated carbocycles. The summed E-state index contributed by atoms with van der Waals surface area (Å²) in [5.74, 6) is -0.0639. The zero-order chi connectivity index (χ0) is 12.3. The first-order valence-electron chi connectivity index (χ1n) is 5.68. The van der Waals surface area contributed by atoms with Crippen molar-refractivity contribution in [2.45, 2.75) is 18.9 Å². The van der Waals surface area contributed by atoms with E-state index in [1.807, 2.05) is 6.07 Å². The van der Waals surface area contributed by atoms with Gasteiger partial charge in [0.25, 0.3) is 5.91 Å². The maximum absolute atomic E-state index is 12.1. The molecule has 17 heavy (non-hydrogen) atoms. The van der Waals surface area contributed by atoms with Gasteiger partial charge < -0.3 is 10.0 Å². The number of benzene rings is 1. The second-order valence-corrected chi connectivity index (χ2v) is 4.17. The number of likely N-dealkylation sites (tertiary alicyclic amines) is 1. The van der Waals surface area contributed by atoms with Gasteiger partial charge in [-0.2, -0.15) is 5.26 Å². The maximum Gasteiger partial charge on any atom is 0.254 e. The largest absolute Gasteiger partial charge is 0.394 e. The molecule has 88 valence electrons. The fourth-order valence-electron chi connectivity index (χ4n) is 2.15. The van der Waals surface area contributed by atoms with Crippen LogP contribution in [0.5, 0.6) is 0 Å². The van der Waals surface area contributed by atoms with E-state index in [4.69, 9.17) is 5.26 Å². The van der Waals surface area contributed by atoms with Crippen molar-refractivity contribution in [1.29, 1.82) is 5.26 Å². The van der Waals surface area contributed by atoms with Gasteiger partial charge in [-0.3, -0.25) is 4.79 Å². The van der Waals surface area contributed by atoms with Gasteiger partial charge in [0, 0.05) is 12.1 Å². The number of aliphatic hydroxyl groups is 1. The zero-order valence-corrected chi connectivity index (χ0v) is 9.47. The Labute approximate surface area is 100 Å². The van der Waals surface area contributed by atoms with E-state index < -0.39 is 0 Å². The molecule has 4 nitrogen and oxygen atoms in total. The van der Waals surface area contributed by atoms with Crippen LogP contribution in [0.1, 0.15) is 28.8 Å². The summed E-state index contributed by atoms with van der Waals surface area (Å²) in [4.78, 5) is 13.9. The molecule has 0 unspecified atom stereocenters. The predicted octanol–water partition coefficient (Wildman–Crippen LogP) is 1.16. The molecule has 0 radical (unpaired) electrons. The first-order chi connectivity index (χ1) is 8.26. The Morgan fingerprint density at radius 2 is 2.18 bits per heavy atom. The van der Waals surface area contributed by atoms with Gasteiger partial charge in [-0.1, -0.05) is 0 Å². The normalized spacial score (nSPS) is 19.1. The number of hydrogen-bond donors (Lipinski definition) is 1. The van der Waals surface area contributed by atoms with E-state index in [0.29, 0.717) is 17.7 Å². The van der Waals surface area contributed by atoms with Gasteiger partial charge in [-0.05, 0) is 37.1 Å². The first kappa shape index (κ1) is 11.6. The van der Waals surface area contributed by atoms with Crippen LogP contribution in [0.3, 0.4) is 0 Å². The quantitative estimate of drug-likeness (QED) is 0.829. The zero-order valence-electron chi connectivity index (χ0n) is 9.47. The standard InChI is InChI=1S/C13H14N2O2/c14-8-10-3-5-11(6-4-10)13(17)15-7-1-2-12(15)9-16/h3-6,12,16H,1-2,7,9H2/t12-/m1/s1. The summed E-state index contributed by atoms with van der Waals surface area (Å²) in [6.07, 6.45) is 1.80. The Morgan fingerprint density at radius 3 is 2.76 bits per heavy atom. The van der Waals surface area contributed by atoms with Gasteiger partial charge in [0.05, 0.1) is 24.3 Å². The first-order valence-corrected chi connectivity index (χ1v) is 5.68. The van der Waals surface area contributed by atoms with Crippen molar-refractivity contribution in [3.8, 4) is 6.07 Å². The van der Waals surface area contributed by atoms with Crippen LogP contribution in [0.15, 0.2) is 24.3 Å². The summed E-state index contributed by atoms with van der Waals surface area (Å²) in [6, 6.07) is 8.55. The number of aliphatic hydroxyl groups excluding tert-OH is 1. The van der Waals surface area contributed by atoms with E-state index in [1.165, 1.54) is 0 Å². The van der Waals surface area contributed by atoms with Gasteiger partial charge in [0.1, 0.15) is 0 Å². The number of rotatable bonds is 2. The Morgan fingerprint density at radius 1 is 1.47 bits per heavy atom. The Hall–Kier alpha value is -1.86. The van der Waals surface area contributed by atoms with Crippen molar-refractivity contribution in [3.63, 3.8) is 0 Å². The third kappa shape index (κ3) is 2.29. The summed E-state index contributed by atoms with van der Waals surface area (Å²) in [5, 5.41) is 17.9. The van der Waals surface area contributed by atoms with Gasteiger partial charge >= 0.3 is 0 Å². The lowest BCUT2D eigenvalue weighted by atomic mass is 10.1. The third-order valence-corrected chi connectivity index (χ3v) is 3.11. The van der Waals surface area contributed by atoms with Gasteiger partial charge in [-0.15, -0.1) is 0 Å². The number of carbonyl (C=O) groups excluding carboxylic acids is 1. The summed E-state index contributed by atoms with van der Waals surface area (Å²) < 4.78 is 0. The highest BCUT2D eigenvalue weighted by molar-refractivity contribution is 5.94. The van der Waals surface area contributed by atoms with Gasteiger partial charge in [-0.25, -0.2) is 0 Å². The minimum Gasteiger partial charge on any atom is -0.394 e. The van der Waals surface area contributed by atoms with Crippen molar-refractivity contribution in [2.75, 3.05) is 13.2 Å². The van der Waals surface area contributed by atoms with Crippen LogP contribution < -0.4 is 0 Å². The topological polar surface area (TPSA) is 64.3 Å². The number of nitriles is 1. The minimum atomic E-state index is -0.0639. The van der Waals surface area contributed by atoms with Crippen LogP contribution in [0.25, 0.3) is 0 Å². The van der Waals surface area contributed by atoms with Crippen LogP contribution >= 0.6 is 0 Å². The van der Waals surface area contributed by atoms with E-state index in [0.717, 1.165) is 12.8 Å². The fourth-order valence-corrected chi connectivity index (χ4v) is 2.15. The molecule has 1 amide bonds. The molecule has 1 N–H and O–H groups in total. The number of hydrogen-bond acceptors (Lipinski definition) is 3. The molecule has 2 rings (SSSR count). The van der Waals surface area contributed by atoms with Crippen LogP contribution in [-0.4, -0.2) is 35.1 Å². The molecule has 1 heterocycles. The lowest BCUT2D eigenvalue weighted by Gasteiger charge is -2.23. The third-order valence-electron chi connectivity index (χ3n) is 3.11. The van der Waals surface area contributed by atoms with E-state index in [9.17, 15) is 9.90 Å². The highest BCUT2D eigenvalue weighted by Crippen LogP contribution is 2.19. The molecular weight excluding hydrogens is 216 g/mol. The van der Waals surface area contributed by atoms with E-state index >= 15 is 0 Å². The number of nitrogens with zero attached hydrogens (tertiary/aromatic N) is 2. The summed E-state index contributed by atoms with van der Waals surface area (Å²) in [7, 11) is 0. The average Bonchev–Trinajstić information content (AvgIpc) is 2.86. The minimum absolute atomic E-state index is 0.0159. The number of carbonyl (C=O) groups is 1. The molecule has 1 aromatic rings. The maximum atomic E-state index is 12.1. The van der Waals surface area contributed by atoms with Crippen molar-refractivity contribution in [2.24, 2.45) is 0 Å². The van der Waals surface area contributed by atoms with Crippen molar-refractivity contribution >= 4 is 5.91 Å². The van der Waals surface area contributed by atoms with E-state index in [2.05, 4.69) is 0 Å². The second-order valence-electron chi connectivity index (χ2n) is 4.17. The Kier molecular flexibility index (Phi) is 3.40. The van der Waals surface area contributed by atoms with Crippen LogP contribution in [0, 0.1) is 11.3 Å². The summed E-state index contributed by atoms with van der Waals surface area (Å²) in [5.41, 5.74) is 1.12. The lowest BCUT2D eigenvalue weighted by Crippen LogP contribution is -2.37. The summed E-state index contributed by atoms with van der Waals surface area (Å²) >= 11 is 0. The Bertz CT molecular complexity index is 447. The number of amides is 1. The highest BCUT2D eigenvalue weighted by atomic mass is 16.3. The lowest BCUT2D eigenvalue weighted by molar-refractivity contribution is 0.0677. The highest BCUT2D eigenvalue weighted by Gasteiger charge is 2.28. The van der Waals surface area contributed by atoms with Crippen LogP contribution in [0.4, 0.5) is 0 Å². The SMILES string of the molecule is N#Cc1ccc(C(=O)N2CCC[C@@H]2CO)cc1. The monoisotopic (exact) mass is 230 g/mol. The molecule has 1 aliphatic rings. The summed E-state index contributed by atoms with van der Waals surface area (Å²) in [6.45, 7) is 0.714. The molecule has 4 heteroatoms. The fraction of sp³-hybridized carbons (Fsp3) is 0.385. The smallest absolute Gasteiger partial charge is 0.254 e. The predicted molar refractivity (Wildman–Crippen MR) is 62.3 cm³/mol. The molecule has 1 atom stereocenters. The molecule has 0 spiro atoms. The molecular formula is C13H14N2O2. The van der Waals surface area contributed by atoms with Crippen molar-refractivity contribution in [1.82, 2.24) is 4.90 Å². The molecule has 0 aliphatic carbocycles. The molecule has 0 aromatic heterocycles. The van der Waals surface area contributed by atoms with Crippen molar-refractivity contribution in [3.05, 3.63) is 35.4 Å².